The predicted molar refractivity (Wildman–Crippen MR) is 109 cm³/mol. The molecule has 1 saturated heterocycles. The molecule has 7 heteroatoms. The number of hydrogen-bond donors (Lipinski definition) is 3. The molecule has 1 heterocycles. The van der Waals surface area contributed by atoms with E-state index in [1.54, 1.807) is 7.05 Å². The van der Waals surface area contributed by atoms with Gasteiger partial charge < -0.3 is 20.9 Å². The lowest BCUT2D eigenvalue weighted by Crippen LogP contribution is -2.45. The molecule has 1 atom stereocenters. The van der Waals surface area contributed by atoms with E-state index in [0.717, 1.165) is 44.1 Å². The van der Waals surface area contributed by atoms with Gasteiger partial charge in [0.15, 0.2) is 5.96 Å². The Morgan fingerprint density at radius 3 is 2.56 bits per heavy atom. The van der Waals surface area contributed by atoms with Crippen LogP contribution in [-0.2, 0) is 16.0 Å². The molecule has 0 spiro atoms. The molecule has 1 aliphatic heterocycles. The van der Waals surface area contributed by atoms with Crippen LogP contribution in [0.15, 0.2) is 29.3 Å². The predicted octanol–water partition coefficient (Wildman–Crippen LogP) is 1.61. The zero-order valence-corrected chi connectivity index (χ0v) is 16.7. The molecule has 148 valence electrons. The van der Waals surface area contributed by atoms with E-state index in [4.69, 9.17) is 0 Å². The van der Waals surface area contributed by atoms with Crippen molar-refractivity contribution in [1.82, 2.24) is 15.5 Å². The number of carbonyl (C=O) groups is 2. The molecule has 2 amide bonds. The topological polar surface area (TPSA) is 85.8 Å². The standard InChI is InChI=1S/C20H31N5O2/c1-14(2)19(27)25-12-10-18(13-25)24-20(21-4)22-11-9-16-5-7-17(8-6-16)23-15(3)26/h5-8,14,18H,9-13H2,1-4H3,(H,23,26)(H2,21,22,24). The maximum Gasteiger partial charge on any atom is 0.225 e. The van der Waals surface area contributed by atoms with Gasteiger partial charge in [0.05, 0.1) is 0 Å². The summed E-state index contributed by atoms with van der Waals surface area (Å²) in [5, 5.41) is 9.49. The van der Waals surface area contributed by atoms with Crippen LogP contribution in [0.3, 0.4) is 0 Å². The normalized spacial score (nSPS) is 17.1. The Labute approximate surface area is 161 Å². The molecular formula is C20H31N5O2. The lowest BCUT2D eigenvalue weighted by molar-refractivity contribution is -0.133. The molecule has 0 radical (unpaired) electrons. The highest BCUT2D eigenvalue weighted by Crippen LogP contribution is 2.13. The van der Waals surface area contributed by atoms with E-state index >= 15 is 0 Å². The second kappa shape index (κ2) is 9.94. The minimum Gasteiger partial charge on any atom is -0.356 e. The lowest BCUT2D eigenvalue weighted by Gasteiger charge is -2.20. The van der Waals surface area contributed by atoms with Crippen molar-refractivity contribution in [2.24, 2.45) is 10.9 Å². The van der Waals surface area contributed by atoms with Gasteiger partial charge in [-0.05, 0) is 30.5 Å². The van der Waals surface area contributed by atoms with Crippen LogP contribution in [0, 0.1) is 5.92 Å². The van der Waals surface area contributed by atoms with Gasteiger partial charge in [0.1, 0.15) is 0 Å². The highest BCUT2D eigenvalue weighted by atomic mass is 16.2. The van der Waals surface area contributed by atoms with Crippen LogP contribution < -0.4 is 16.0 Å². The number of aliphatic imine (C=N–C) groups is 1. The number of likely N-dealkylation sites (tertiary alicyclic amines) is 1. The molecule has 0 aliphatic carbocycles. The van der Waals surface area contributed by atoms with Crippen molar-refractivity contribution >= 4 is 23.5 Å². The van der Waals surface area contributed by atoms with E-state index in [9.17, 15) is 9.59 Å². The van der Waals surface area contributed by atoms with Crippen molar-refractivity contribution in [1.29, 1.82) is 0 Å². The van der Waals surface area contributed by atoms with Crippen molar-refractivity contribution in [3.8, 4) is 0 Å². The molecular weight excluding hydrogens is 342 g/mol. The first-order valence-electron chi connectivity index (χ1n) is 9.51. The van der Waals surface area contributed by atoms with E-state index in [0.29, 0.717) is 0 Å². The molecule has 0 bridgehead atoms. The third kappa shape index (κ3) is 6.58. The maximum atomic E-state index is 12.1. The second-order valence-electron chi connectivity index (χ2n) is 7.20. The molecule has 0 aromatic heterocycles. The summed E-state index contributed by atoms with van der Waals surface area (Å²) in [4.78, 5) is 29.3. The highest BCUT2D eigenvalue weighted by Gasteiger charge is 2.27. The van der Waals surface area contributed by atoms with Gasteiger partial charge in [-0.25, -0.2) is 0 Å². The maximum absolute atomic E-state index is 12.1. The van der Waals surface area contributed by atoms with Crippen LogP contribution in [0.2, 0.25) is 0 Å². The van der Waals surface area contributed by atoms with Gasteiger partial charge in [-0.2, -0.15) is 0 Å². The molecule has 1 aliphatic rings. The van der Waals surface area contributed by atoms with Crippen LogP contribution in [0.25, 0.3) is 0 Å². The van der Waals surface area contributed by atoms with Gasteiger partial charge in [-0.15, -0.1) is 0 Å². The fourth-order valence-electron chi connectivity index (χ4n) is 3.11. The van der Waals surface area contributed by atoms with E-state index in [1.165, 1.54) is 12.5 Å². The number of amides is 2. The second-order valence-corrected chi connectivity index (χ2v) is 7.20. The first-order chi connectivity index (χ1) is 12.9. The van der Waals surface area contributed by atoms with E-state index < -0.39 is 0 Å². The summed E-state index contributed by atoms with van der Waals surface area (Å²) in [7, 11) is 1.75. The number of anilines is 1. The van der Waals surface area contributed by atoms with Crippen molar-refractivity contribution in [2.45, 2.75) is 39.7 Å². The molecule has 27 heavy (non-hydrogen) atoms. The molecule has 3 N–H and O–H groups in total. The Morgan fingerprint density at radius 1 is 1.26 bits per heavy atom. The zero-order valence-electron chi connectivity index (χ0n) is 16.7. The third-order valence-electron chi connectivity index (χ3n) is 4.54. The summed E-state index contributed by atoms with van der Waals surface area (Å²) < 4.78 is 0. The summed E-state index contributed by atoms with van der Waals surface area (Å²) in [5.74, 6) is 0.941. The quantitative estimate of drug-likeness (QED) is 0.522. The van der Waals surface area contributed by atoms with Gasteiger partial charge in [0, 0.05) is 51.3 Å². The summed E-state index contributed by atoms with van der Waals surface area (Å²) in [6.45, 7) is 7.65. The molecule has 1 aromatic carbocycles. The Balaban J connectivity index is 1.74. The van der Waals surface area contributed by atoms with Gasteiger partial charge in [0.25, 0.3) is 0 Å². The summed E-state index contributed by atoms with van der Waals surface area (Å²) in [6.07, 6.45) is 1.79. The smallest absolute Gasteiger partial charge is 0.225 e. The number of nitrogens with zero attached hydrogens (tertiary/aromatic N) is 2. The minimum absolute atomic E-state index is 0.0400. The van der Waals surface area contributed by atoms with Gasteiger partial charge in [0.2, 0.25) is 11.8 Å². The molecule has 2 rings (SSSR count). The number of hydrogen-bond acceptors (Lipinski definition) is 3. The molecule has 1 fully saturated rings. The van der Waals surface area contributed by atoms with Crippen molar-refractivity contribution in [3.63, 3.8) is 0 Å². The number of benzene rings is 1. The SMILES string of the molecule is CN=C(NCCc1ccc(NC(C)=O)cc1)NC1CCN(C(=O)C(C)C)C1. The van der Waals surface area contributed by atoms with Crippen LogP contribution >= 0.6 is 0 Å². The average Bonchev–Trinajstić information content (AvgIpc) is 3.09. The largest absolute Gasteiger partial charge is 0.356 e. The Bertz CT molecular complexity index is 669. The third-order valence-corrected chi connectivity index (χ3v) is 4.54. The molecule has 0 saturated carbocycles. The van der Waals surface area contributed by atoms with E-state index in [2.05, 4.69) is 20.9 Å². The van der Waals surface area contributed by atoms with Gasteiger partial charge >= 0.3 is 0 Å². The minimum atomic E-state index is -0.0696. The van der Waals surface area contributed by atoms with Crippen LogP contribution in [0.1, 0.15) is 32.8 Å². The Morgan fingerprint density at radius 2 is 1.96 bits per heavy atom. The van der Waals surface area contributed by atoms with E-state index in [-0.39, 0.29) is 23.8 Å². The van der Waals surface area contributed by atoms with Crippen LogP contribution in [0.4, 0.5) is 5.69 Å². The van der Waals surface area contributed by atoms with Crippen molar-refractivity contribution < 1.29 is 9.59 Å². The zero-order chi connectivity index (χ0) is 19.8. The van der Waals surface area contributed by atoms with Crippen LogP contribution in [0.5, 0.6) is 0 Å². The van der Waals surface area contributed by atoms with E-state index in [1.807, 2.05) is 43.0 Å². The van der Waals surface area contributed by atoms with Crippen LogP contribution in [-0.4, -0.2) is 55.4 Å². The summed E-state index contributed by atoms with van der Waals surface area (Å²) in [5.41, 5.74) is 1.99. The molecule has 7 nitrogen and oxygen atoms in total. The van der Waals surface area contributed by atoms with Gasteiger partial charge in [-0.3, -0.25) is 14.6 Å². The summed E-state index contributed by atoms with van der Waals surface area (Å²) in [6, 6.07) is 8.06. The summed E-state index contributed by atoms with van der Waals surface area (Å²) >= 11 is 0. The number of nitrogens with one attached hydrogen (secondary N) is 3. The van der Waals surface area contributed by atoms with Gasteiger partial charge in [-0.1, -0.05) is 26.0 Å². The number of carbonyl (C=O) groups excluding carboxylic acids is 2. The Kier molecular flexibility index (Phi) is 7.64. The monoisotopic (exact) mass is 373 g/mol. The average molecular weight is 374 g/mol. The first-order valence-corrected chi connectivity index (χ1v) is 9.51. The number of guanidine groups is 1. The number of rotatable bonds is 6. The van der Waals surface area contributed by atoms with Crippen molar-refractivity contribution in [3.05, 3.63) is 29.8 Å². The molecule has 1 aromatic rings. The fraction of sp³-hybridized carbons (Fsp3) is 0.550. The lowest BCUT2D eigenvalue weighted by atomic mass is 10.1. The Hall–Kier alpha value is -2.57. The fourth-order valence-corrected chi connectivity index (χ4v) is 3.11. The first kappa shape index (κ1) is 20.7. The van der Waals surface area contributed by atoms with Crippen molar-refractivity contribution in [2.75, 3.05) is 32.0 Å². The molecule has 1 unspecified atom stereocenters. The highest BCUT2D eigenvalue weighted by molar-refractivity contribution is 5.88.